The van der Waals surface area contributed by atoms with Gasteiger partial charge in [0.25, 0.3) is 0 Å². The van der Waals surface area contributed by atoms with Crippen LogP contribution in [-0.2, 0) is 16.6 Å². The van der Waals surface area contributed by atoms with Crippen LogP contribution in [0.25, 0.3) is 0 Å². The Morgan fingerprint density at radius 2 is 2.14 bits per heavy atom. The highest BCUT2D eigenvalue weighted by molar-refractivity contribution is 7.89. The third-order valence-corrected chi connectivity index (χ3v) is 5.88. The molecule has 0 aliphatic carbocycles. The van der Waals surface area contributed by atoms with Gasteiger partial charge in [0.2, 0.25) is 10.0 Å². The summed E-state index contributed by atoms with van der Waals surface area (Å²) < 4.78 is 25.9. The van der Waals surface area contributed by atoms with E-state index in [0.29, 0.717) is 19.1 Å². The lowest BCUT2D eigenvalue weighted by Crippen LogP contribution is -2.45. The molecule has 1 aromatic heterocycles. The third kappa shape index (κ3) is 5.05. The zero-order valence-corrected chi connectivity index (χ0v) is 13.5. The Morgan fingerprint density at radius 1 is 1.38 bits per heavy atom. The molecule has 0 spiro atoms. The summed E-state index contributed by atoms with van der Waals surface area (Å²) in [6, 6.07) is 4.37. The van der Waals surface area contributed by atoms with Gasteiger partial charge in [-0.3, -0.25) is 4.98 Å². The summed E-state index contributed by atoms with van der Waals surface area (Å²) in [5.74, 6) is 0.289. The van der Waals surface area contributed by atoms with Crippen molar-refractivity contribution in [1.82, 2.24) is 14.6 Å². The Kier molecular flexibility index (Phi) is 6.14. The Balaban J connectivity index is 1.75. The number of aromatic nitrogens is 1. The van der Waals surface area contributed by atoms with Crippen molar-refractivity contribution in [3.05, 3.63) is 30.1 Å². The number of sulfonamides is 1. The molecule has 0 amide bonds. The molecule has 1 N–H and O–H groups in total. The Morgan fingerprint density at radius 3 is 2.76 bits per heavy atom. The van der Waals surface area contributed by atoms with Crippen molar-refractivity contribution in [2.75, 3.05) is 18.8 Å². The molecule has 5 nitrogen and oxygen atoms in total. The average Bonchev–Trinajstić information content (AvgIpc) is 2.52. The van der Waals surface area contributed by atoms with Crippen molar-refractivity contribution in [3.63, 3.8) is 0 Å². The van der Waals surface area contributed by atoms with E-state index in [4.69, 9.17) is 0 Å². The van der Waals surface area contributed by atoms with Crippen LogP contribution in [0.1, 0.15) is 38.2 Å². The van der Waals surface area contributed by atoms with Gasteiger partial charge in [0.1, 0.15) is 0 Å². The number of nitrogens with zero attached hydrogens (tertiary/aromatic N) is 2. The third-order valence-electron chi connectivity index (χ3n) is 3.92. The molecule has 118 valence electrons. The van der Waals surface area contributed by atoms with Crippen LogP contribution in [0.2, 0.25) is 0 Å². The summed E-state index contributed by atoms with van der Waals surface area (Å²) in [6.07, 6.45) is 7.06. The van der Waals surface area contributed by atoms with Gasteiger partial charge in [-0.15, -0.1) is 0 Å². The first-order valence-corrected chi connectivity index (χ1v) is 9.33. The van der Waals surface area contributed by atoms with E-state index in [1.807, 2.05) is 25.3 Å². The van der Waals surface area contributed by atoms with Crippen LogP contribution in [-0.4, -0.2) is 42.6 Å². The lowest BCUT2D eigenvalue weighted by molar-refractivity contribution is 0.288. The van der Waals surface area contributed by atoms with E-state index in [-0.39, 0.29) is 5.75 Å². The van der Waals surface area contributed by atoms with Crippen molar-refractivity contribution >= 4 is 10.0 Å². The standard InChI is InChI=1S/C15H25N3O2S/c1-2-3-11-21(19,20)18-9-6-15(7-10-18)17-13-14-5-4-8-16-12-14/h4-5,8,12,15,17H,2-3,6-7,9-11,13H2,1H3. The van der Waals surface area contributed by atoms with Gasteiger partial charge in [-0.2, -0.15) is 0 Å². The van der Waals surface area contributed by atoms with Gasteiger partial charge < -0.3 is 5.32 Å². The van der Waals surface area contributed by atoms with E-state index in [9.17, 15) is 8.42 Å². The van der Waals surface area contributed by atoms with Gasteiger partial charge >= 0.3 is 0 Å². The van der Waals surface area contributed by atoms with Crippen molar-refractivity contribution in [2.24, 2.45) is 0 Å². The number of piperidine rings is 1. The lowest BCUT2D eigenvalue weighted by Gasteiger charge is -2.31. The first-order valence-electron chi connectivity index (χ1n) is 7.72. The molecular formula is C15H25N3O2S. The van der Waals surface area contributed by atoms with Gasteiger partial charge in [-0.25, -0.2) is 12.7 Å². The van der Waals surface area contributed by atoms with Crippen LogP contribution in [0.4, 0.5) is 0 Å². The summed E-state index contributed by atoms with van der Waals surface area (Å²) in [5, 5.41) is 3.49. The number of hydrogen-bond acceptors (Lipinski definition) is 4. The highest BCUT2D eigenvalue weighted by Gasteiger charge is 2.27. The predicted octanol–water partition coefficient (Wildman–Crippen LogP) is 1.77. The van der Waals surface area contributed by atoms with E-state index in [2.05, 4.69) is 10.3 Å². The zero-order chi connectivity index (χ0) is 15.1. The maximum atomic E-state index is 12.1. The molecule has 1 aliphatic rings. The zero-order valence-electron chi connectivity index (χ0n) is 12.7. The molecule has 21 heavy (non-hydrogen) atoms. The fraction of sp³-hybridized carbons (Fsp3) is 0.667. The molecule has 1 aliphatic heterocycles. The summed E-state index contributed by atoms with van der Waals surface area (Å²) in [4.78, 5) is 4.09. The van der Waals surface area contributed by atoms with Crippen LogP contribution in [0.15, 0.2) is 24.5 Å². The van der Waals surface area contributed by atoms with Crippen molar-refractivity contribution in [2.45, 2.75) is 45.2 Å². The molecule has 2 heterocycles. The van der Waals surface area contributed by atoms with Gasteiger partial charge in [0.05, 0.1) is 5.75 Å². The SMILES string of the molecule is CCCCS(=O)(=O)N1CCC(NCc2cccnc2)CC1. The molecule has 1 saturated heterocycles. The number of hydrogen-bond donors (Lipinski definition) is 1. The quantitative estimate of drug-likeness (QED) is 0.833. The summed E-state index contributed by atoms with van der Waals surface area (Å²) in [5.41, 5.74) is 1.16. The highest BCUT2D eigenvalue weighted by atomic mass is 32.2. The summed E-state index contributed by atoms with van der Waals surface area (Å²) in [7, 11) is -3.04. The Bertz CT molecular complexity index is 511. The second-order valence-corrected chi connectivity index (χ2v) is 7.67. The molecular weight excluding hydrogens is 286 g/mol. The maximum absolute atomic E-state index is 12.1. The monoisotopic (exact) mass is 311 g/mol. The van der Waals surface area contributed by atoms with Gasteiger partial charge in [-0.05, 0) is 30.9 Å². The number of nitrogens with one attached hydrogen (secondary N) is 1. The van der Waals surface area contributed by atoms with Crippen LogP contribution < -0.4 is 5.32 Å². The second-order valence-electron chi connectivity index (χ2n) is 5.59. The number of unbranched alkanes of at least 4 members (excludes halogenated alkanes) is 1. The lowest BCUT2D eigenvalue weighted by atomic mass is 10.1. The van der Waals surface area contributed by atoms with Gasteiger partial charge in [-0.1, -0.05) is 19.4 Å². The maximum Gasteiger partial charge on any atom is 0.214 e. The minimum Gasteiger partial charge on any atom is -0.310 e. The van der Waals surface area contributed by atoms with Crippen LogP contribution in [0, 0.1) is 0 Å². The van der Waals surface area contributed by atoms with Crippen molar-refractivity contribution < 1.29 is 8.42 Å². The smallest absolute Gasteiger partial charge is 0.214 e. The van der Waals surface area contributed by atoms with Crippen LogP contribution >= 0.6 is 0 Å². The first kappa shape index (κ1) is 16.4. The van der Waals surface area contributed by atoms with Crippen LogP contribution in [0.5, 0.6) is 0 Å². The minimum atomic E-state index is -3.04. The van der Waals surface area contributed by atoms with E-state index in [1.54, 1.807) is 10.5 Å². The van der Waals surface area contributed by atoms with Crippen molar-refractivity contribution in [1.29, 1.82) is 0 Å². The topological polar surface area (TPSA) is 62.3 Å². The fourth-order valence-electron chi connectivity index (χ4n) is 2.56. The predicted molar refractivity (Wildman–Crippen MR) is 84.4 cm³/mol. The van der Waals surface area contributed by atoms with Gasteiger partial charge in [0, 0.05) is 38.1 Å². The molecule has 0 atom stereocenters. The molecule has 0 unspecified atom stereocenters. The number of pyridine rings is 1. The normalized spacial score (nSPS) is 18.0. The summed E-state index contributed by atoms with van der Waals surface area (Å²) >= 11 is 0. The van der Waals surface area contributed by atoms with Gasteiger partial charge in [0.15, 0.2) is 0 Å². The fourth-order valence-corrected chi connectivity index (χ4v) is 4.24. The van der Waals surface area contributed by atoms with E-state index >= 15 is 0 Å². The summed E-state index contributed by atoms with van der Waals surface area (Å²) in [6.45, 7) is 4.08. The largest absolute Gasteiger partial charge is 0.310 e. The molecule has 2 rings (SSSR count). The average molecular weight is 311 g/mol. The number of rotatable bonds is 7. The van der Waals surface area contributed by atoms with Crippen LogP contribution in [0.3, 0.4) is 0 Å². The van der Waals surface area contributed by atoms with E-state index in [1.165, 1.54) is 0 Å². The van der Waals surface area contributed by atoms with E-state index < -0.39 is 10.0 Å². The molecule has 1 fully saturated rings. The Hall–Kier alpha value is -0.980. The molecule has 0 saturated carbocycles. The molecule has 0 aromatic carbocycles. The highest BCUT2D eigenvalue weighted by Crippen LogP contribution is 2.16. The molecule has 0 bridgehead atoms. The molecule has 1 aromatic rings. The first-order chi connectivity index (χ1) is 10.1. The van der Waals surface area contributed by atoms with E-state index in [0.717, 1.165) is 37.8 Å². The Labute approximate surface area is 127 Å². The minimum absolute atomic E-state index is 0.289. The second kappa shape index (κ2) is 7.87. The molecule has 0 radical (unpaired) electrons. The molecule has 6 heteroatoms. The van der Waals surface area contributed by atoms with Crippen molar-refractivity contribution in [3.8, 4) is 0 Å².